The number of aliphatic carboxylic acids is 1. The van der Waals surface area contributed by atoms with Crippen molar-refractivity contribution in [2.24, 2.45) is 0 Å². The highest BCUT2D eigenvalue weighted by molar-refractivity contribution is 7.47. The lowest BCUT2D eigenvalue weighted by Crippen LogP contribution is -2.43. The van der Waals surface area contributed by atoms with Crippen molar-refractivity contribution in [1.82, 2.24) is 5.32 Å². The van der Waals surface area contributed by atoms with Crippen LogP contribution in [0.2, 0.25) is 0 Å². The number of hydrogen-bond donors (Lipinski definition) is 4. The standard InChI is InChI=1S/C47H76NO10P/c1-3-5-7-9-11-13-15-17-19-20-21-22-23-24-25-26-28-30-32-34-36-38-45(50)48-44(47(52)53)42-58-59(54,55)57-41-43(49)40-56-46(51)39-37-35-33-31-29-27-18-16-14-12-10-8-6-4-2/h5,7,10-13,16-19,21-22,24-25,28,30,43-44,49H,3-4,6,8-9,14-15,20,23,26-27,29,31-42H2,1-2H3,(H,48,50)(H,52,53)(H,54,55)/b7-5-,12-10-,13-11-,18-16-,19-17-,22-21-,25-24-,30-28-. The molecule has 11 nitrogen and oxygen atoms in total. The summed E-state index contributed by atoms with van der Waals surface area (Å²) >= 11 is 0. The van der Waals surface area contributed by atoms with Crippen LogP contribution in [-0.2, 0) is 32.7 Å². The zero-order valence-corrected chi connectivity index (χ0v) is 36.9. The fraction of sp³-hybridized carbons (Fsp3) is 0.596. The number of carbonyl (C=O) groups is 3. The average molecular weight is 846 g/mol. The number of allylic oxidation sites excluding steroid dienone is 16. The molecule has 0 aromatic heterocycles. The molecule has 0 fully saturated rings. The molecule has 1 amide bonds. The Labute approximate surface area is 355 Å². The second-order valence-electron chi connectivity index (χ2n) is 14.1. The third-order valence-electron chi connectivity index (χ3n) is 8.61. The maximum absolute atomic E-state index is 12.3. The summed E-state index contributed by atoms with van der Waals surface area (Å²) in [6.07, 6.45) is 51.5. The van der Waals surface area contributed by atoms with E-state index in [1.165, 1.54) is 12.8 Å². The molecular weight excluding hydrogens is 769 g/mol. The maximum Gasteiger partial charge on any atom is 0.472 e. The van der Waals surface area contributed by atoms with Gasteiger partial charge >= 0.3 is 19.8 Å². The van der Waals surface area contributed by atoms with Crippen LogP contribution in [0.1, 0.15) is 149 Å². The van der Waals surface area contributed by atoms with E-state index in [1.807, 2.05) is 6.08 Å². The Morgan fingerprint density at radius 1 is 0.559 bits per heavy atom. The van der Waals surface area contributed by atoms with Crippen molar-refractivity contribution >= 4 is 25.7 Å². The molecule has 0 aromatic carbocycles. The van der Waals surface area contributed by atoms with Crippen molar-refractivity contribution in [2.75, 3.05) is 19.8 Å². The number of unbranched alkanes of at least 4 members (excludes halogenated alkanes) is 9. The van der Waals surface area contributed by atoms with Gasteiger partial charge < -0.3 is 25.2 Å². The van der Waals surface area contributed by atoms with Gasteiger partial charge in [0.05, 0.1) is 13.2 Å². The van der Waals surface area contributed by atoms with Gasteiger partial charge in [0.1, 0.15) is 12.7 Å². The predicted molar refractivity (Wildman–Crippen MR) is 240 cm³/mol. The van der Waals surface area contributed by atoms with E-state index in [0.717, 1.165) is 96.3 Å². The lowest BCUT2D eigenvalue weighted by Gasteiger charge is -2.18. The summed E-state index contributed by atoms with van der Waals surface area (Å²) in [7, 11) is -4.78. The van der Waals surface area contributed by atoms with Gasteiger partial charge in [-0.15, -0.1) is 0 Å². The zero-order valence-electron chi connectivity index (χ0n) is 36.0. The summed E-state index contributed by atoms with van der Waals surface area (Å²) in [5, 5.41) is 21.8. The van der Waals surface area contributed by atoms with Crippen LogP contribution >= 0.6 is 7.82 Å². The van der Waals surface area contributed by atoms with Crippen molar-refractivity contribution < 1.29 is 47.8 Å². The molecule has 0 saturated heterocycles. The quantitative estimate of drug-likeness (QED) is 0.0202. The molecule has 0 radical (unpaired) electrons. The van der Waals surface area contributed by atoms with Gasteiger partial charge in [0.25, 0.3) is 0 Å². The Morgan fingerprint density at radius 3 is 1.49 bits per heavy atom. The minimum Gasteiger partial charge on any atom is -0.480 e. The normalized spacial score (nSPS) is 14.6. The Balaban J connectivity index is 4.04. The summed E-state index contributed by atoms with van der Waals surface area (Å²) in [4.78, 5) is 45.9. The average Bonchev–Trinajstić information content (AvgIpc) is 3.21. The van der Waals surface area contributed by atoms with Gasteiger partial charge in [-0.1, -0.05) is 143 Å². The lowest BCUT2D eigenvalue weighted by molar-refractivity contribution is -0.147. The third-order valence-corrected chi connectivity index (χ3v) is 9.56. The van der Waals surface area contributed by atoms with Crippen molar-refractivity contribution in [2.45, 2.75) is 161 Å². The molecule has 0 spiro atoms. The van der Waals surface area contributed by atoms with Crippen LogP contribution in [-0.4, -0.2) is 64.9 Å². The molecule has 0 rings (SSSR count). The summed E-state index contributed by atoms with van der Waals surface area (Å²) in [6, 6.07) is -1.58. The second kappa shape index (κ2) is 41.1. The van der Waals surface area contributed by atoms with Crippen molar-refractivity contribution in [3.8, 4) is 0 Å². The number of carboxylic acid groups (broad SMARTS) is 1. The highest BCUT2D eigenvalue weighted by atomic mass is 31.2. The number of nitrogens with one attached hydrogen (secondary N) is 1. The highest BCUT2D eigenvalue weighted by Gasteiger charge is 2.28. The number of rotatable bonds is 39. The van der Waals surface area contributed by atoms with E-state index in [-0.39, 0.29) is 12.8 Å². The van der Waals surface area contributed by atoms with Crippen LogP contribution in [0.15, 0.2) is 97.2 Å². The molecule has 59 heavy (non-hydrogen) atoms. The maximum atomic E-state index is 12.3. The predicted octanol–water partition coefficient (Wildman–Crippen LogP) is 11.3. The van der Waals surface area contributed by atoms with E-state index in [1.54, 1.807) is 0 Å². The molecule has 3 unspecified atom stereocenters. The van der Waals surface area contributed by atoms with E-state index in [0.29, 0.717) is 12.8 Å². The molecule has 0 aliphatic rings. The number of phosphoric ester groups is 1. The number of carboxylic acids is 1. The fourth-order valence-electron chi connectivity index (χ4n) is 5.21. The topological polar surface area (TPSA) is 169 Å². The Morgan fingerprint density at radius 2 is 0.983 bits per heavy atom. The number of ether oxygens (including phenoxy) is 1. The molecule has 0 bridgehead atoms. The molecule has 3 atom stereocenters. The summed E-state index contributed by atoms with van der Waals surface area (Å²) < 4.78 is 26.8. The van der Waals surface area contributed by atoms with E-state index in [2.05, 4.69) is 110 Å². The number of aliphatic hydroxyl groups excluding tert-OH is 1. The molecule has 334 valence electrons. The summed E-state index contributed by atoms with van der Waals surface area (Å²) in [5.74, 6) is -2.47. The van der Waals surface area contributed by atoms with Gasteiger partial charge in [-0.3, -0.25) is 18.6 Å². The molecule has 0 aliphatic heterocycles. The van der Waals surface area contributed by atoms with Crippen LogP contribution in [0.5, 0.6) is 0 Å². The molecule has 0 saturated carbocycles. The lowest BCUT2D eigenvalue weighted by atomic mass is 10.1. The molecule has 0 aromatic rings. The summed E-state index contributed by atoms with van der Waals surface area (Å²) in [5.41, 5.74) is 0. The van der Waals surface area contributed by atoms with Crippen LogP contribution in [0, 0.1) is 0 Å². The minimum atomic E-state index is -4.78. The van der Waals surface area contributed by atoms with Gasteiger partial charge in [0.2, 0.25) is 5.91 Å². The van der Waals surface area contributed by atoms with E-state index >= 15 is 0 Å². The Kier molecular flexibility index (Phi) is 38.6. The minimum absolute atomic E-state index is 0.0835. The van der Waals surface area contributed by atoms with E-state index in [4.69, 9.17) is 13.8 Å². The molecule has 12 heteroatoms. The number of phosphoric acid groups is 1. The molecule has 4 N–H and O–H groups in total. The number of hydrogen-bond acceptors (Lipinski definition) is 8. The van der Waals surface area contributed by atoms with Gasteiger partial charge in [0.15, 0.2) is 6.04 Å². The van der Waals surface area contributed by atoms with E-state index in [9.17, 15) is 34.1 Å². The number of esters is 1. The number of aliphatic hydroxyl groups is 1. The first kappa shape index (κ1) is 55.4. The van der Waals surface area contributed by atoms with Crippen molar-refractivity contribution in [3.05, 3.63) is 97.2 Å². The van der Waals surface area contributed by atoms with Gasteiger partial charge in [-0.2, -0.15) is 0 Å². The Bertz CT molecular complexity index is 1360. The van der Waals surface area contributed by atoms with Crippen LogP contribution in [0.25, 0.3) is 0 Å². The van der Waals surface area contributed by atoms with E-state index < -0.39 is 57.6 Å². The third kappa shape index (κ3) is 40.9. The van der Waals surface area contributed by atoms with Gasteiger partial charge in [-0.25, -0.2) is 9.36 Å². The smallest absolute Gasteiger partial charge is 0.472 e. The van der Waals surface area contributed by atoms with Crippen LogP contribution in [0.3, 0.4) is 0 Å². The fourth-order valence-corrected chi connectivity index (χ4v) is 5.99. The first-order chi connectivity index (χ1) is 28.6. The molecule has 0 aliphatic carbocycles. The van der Waals surface area contributed by atoms with Crippen LogP contribution in [0.4, 0.5) is 0 Å². The molecule has 0 heterocycles. The number of carbonyl (C=O) groups excluding carboxylic acids is 2. The largest absolute Gasteiger partial charge is 0.480 e. The summed E-state index contributed by atoms with van der Waals surface area (Å²) in [6.45, 7) is 2.37. The SMILES string of the molecule is CC/C=C\C/C=C\C/C=C\C/C=C\C/C=C\C/C=C\CCCCC(=O)NC(COP(=O)(O)OCC(O)COC(=O)CCCCCCC/C=C\C/C=C\CCCC)C(=O)O. The first-order valence-corrected chi connectivity index (χ1v) is 23.3. The first-order valence-electron chi connectivity index (χ1n) is 21.8. The molecular formula is C47H76NO10P. The van der Waals surface area contributed by atoms with Gasteiger partial charge in [0, 0.05) is 12.8 Å². The Hall–Kier alpha value is -3.60. The van der Waals surface area contributed by atoms with Crippen LogP contribution < -0.4 is 5.32 Å². The second-order valence-corrected chi connectivity index (χ2v) is 15.6. The monoisotopic (exact) mass is 846 g/mol. The zero-order chi connectivity index (χ0) is 43.5. The number of amides is 1. The van der Waals surface area contributed by atoms with Gasteiger partial charge in [-0.05, 0) is 89.9 Å². The van der Waals surface area contributed by atoms with Crippen molar-refractivity contribution in [3.63, 3.8) is 0 Å². The highest BCUT2D eigenvalue weighted by Crippen LogP contribution is 2.43. The van der Waals surface area contributed by atoms with Crippen molar-refractivity contribution in [1.29, 1.82) is 0 Å².